The van der Waals surface area contributed by atoms with Gasteiger partial charge in [-0.2, -0.15) is 0 Å². The Morgan fingerprint density at radius 2 is 1.59 bits per heavy atom. The van der Waals surface area contributed by atoms with E-state index in [2.05, 4.69) is 160 Å². The maximum absolute atomic E-state index is 12.2. The predicted molar refractivity (Wildman–Crippen MR) is 334 cm³/mol. The zero-order chi connectivity index (χ0) is 57.3. The van der Waals surface area contributed by atoms with Crippen molar-refractivity contribution in [2.75, 3.05) is 20.2 Å². The Bertz CT molecular complexity index is 1930. The number of aliphatic hydroxyl groups excluding tert-OH is 1. The number of nitrogens with one attached hydrogen (secondary N) is 1. The first kappa shape index (κ1) is 72.9. The molecule has 424 valence electrons. The number of ether oxygens (including phenoxy) is 1. The Kier molecular flexibility index (Phi) is 43.7. The Morgan fingerprint density at radius 1 is 0.920 bits per heavy atom. The molecule has 0 aromatic heterocycles. The van der Waals surface area contributed by atoms with E-state index in [4.69, 9.17) is 11.2 Å². The molecule has 0 aliphatic heterocycles. The first-order valence-electron chi connectivity index (χ1n) is 30.1. The Morgan fingerprint density at radius 3 is 2.15 bits per heavy atom. The van der Waals surface area contributed by atoms with E-state index in [9.17, 15) is 10.0 Å². The number of benzene rings is 1. The monoisotopic (exact) mass is 1030 g/mol. The molecule has 75 heavy (non-hydrogen) atoms. The molecule has 9 unspecified atom stereocenters. The van der Waals surface area contributed by atoms with Crippen molar-refractivity contribution in [3.05, 3.63) is 123 Å². The number of aliphatic hydroxyl groups is 1. The zero-order valence-electron chi connectivity index (χ0n) is 51.7. The van der Waals surface area contributed by atoms with Crippen LogP contribution < -0.4 is 5.32 Å². The van der Waals surface area contributed by atoms with Gasteiger partial charge in [-0.15, -0.1) is 24.2 Å². The van der Waals surface area contributed by atoms with Crippen LogP contribution >= 0.6 is 0 Å². The van der Waals surface area contributed by atoms with Crippen LogP contribution in [0.25, 0.3) is 0 Å². The van der Waals surface area contributed by atoms with Crippen LogP contribution in [0.1, 0.15) is 236 Å². The van der Waals surface area contributed by atoms with Crippen molar-refractivity contribution in [2.45, 2.75) is 232 Å². The molecule has 1 fully saturated rings. The summed E-state index contributed by atoms with van der Waals surface area (Å²) >= 11 is 0. The van der Waals surface area contributed by atoms with E-state index in [0.29, 0.717) is 48.5 Å². The third-order valence-corrected chi connectivity index (χ3v) is 15.2. The van der Waals surface area contributed by atoms with E-state index in [1.165, 1.54) is 91.2 Å². The fourth-order valence-electron chi connectivity index (χ4n) is 10.5. The topological polar surface area (TPSA) is 70.9 Å². The minimum atomic E-state index is -0.365. The summed E-state index contributed by atoms with van der Waals surface area (Å²) in [4.78, 5) is 12.2. The van der Waals surface area contributed by atoms with Crippen LogP contribution in [0.3, 0.4) is 0 Å². The van der Waals surface area contributed by atoms with E-state index >= 15 is 0 Å². The van der Waals surface area contributed by atoms with Gasteiger partial charge in [-0.1, -0.05) is 232 Å². The van der Waals surface area contributed by atoms with Crippen molar-refractivity contribution >= 4 is 0 Å². The molecule has 5 heteroatoms. The van der Waals surface area contributed by atoms with E-state index in [1.54, 1.807) is 5.57 Å². The van der Waals surface area contributed by atoms with Crippen molar-refractivity contribution in [2.24, 2.45) is 52.5 Å². The van der Waals surface area contributed by atoms with Crippen LogP contribution in [0.4, 0.5) is 0 Å². The summed E-state index contributed by atoms with van der Waals surface area (Å²) in [6.45, 7) is 38.6. The number of rotatable bonds is 25. The van der Waals surface area contributed by atoms with Crippen molar-refractivity contribution < 1.29 is 9.84 Å². The van der Waals surface area contributed by atoms with E-state index in [-0.39, 0.29) is 23.9 Å². The fraction of sp³-hybridized carbons (Fsp3) is 0.657. The summed E-state index contributed by atoms with van der Waals surface area (Å²) in [7, 11) is 2.01. The van der Waals surface area contributed by atoms with Gasteiger partial charge < -0.3 is 15.2 Å². The largest absolute Gasteiger partial charge is 0.501 e. The highest BCUT2D eigenvalue weighted by atomic mass is 16.5. The highest BCUT2D eigenvalue weighted by molar-refractivity contribution is 5.39. The Balaban J connectivity index is 0. The first-order chi connectivity index (χ1) is 36.1. The van der Waals surface area contributed by atoms with Crippen molar-refractivity contribution in [3.8, 4) is 25.2 Å². The summed E-state index contributed by atoms with van der Waals surface area (Å²) in [5.74, 6) is 7.32. The first-order valence-corrected chi connectivity index (χ1v) is 30.1. The molecule has 1 aromatic carbocycles. The van der Waals surface area contributed by atoms with Crippen LogP contribution in [0.5, 0.6) is 0 Å². The summed E-state index contributed by atoms with van der Waals surface area (Å²) in [5, 5.41) is 16.7. The quantitative estimate of drug-likeness (QED) is 0.0443. The standard InChI is InChI=1S/C39H61NO.C23H35NO2.3C2H6.C2H2/c1-10-16-29(5)25-35(28(3)4)20-15-17-30(6)26-38(37-23-22-36(27-32(37)8)31(7)11-2)33(9)39(40-41)24-21-34-18-13-12-14-19-34;1-5-18(3)22(16-26-15-19-7-6-8-23(25)12-19)13-20-10-9-17(2)11-21(20)14-24-4;4*1-2/h2,20,22-24,27-31,33-34,38H,10,12-19,21,25-26H2,1,3-9H3;6,8-11,13,15,18,21-25H,5,7,12,14,16H2,1-4H3;3*1-2H3;1-2H/b35-20?,39-24+;19-15+,20-13+;;;;. The third-order valence-electron chi connectivity index (χ3n) is 15.2. The Hall–Kier alpha value is -4.16. The van der Waals surface area contributed by atoms with E-state index in [0.717, 1.165) is 50.3 Å². The predicted octanol–water partition coefficient (Wildman–Crippen LogP) is 20.2. The molecule has 3 aliphatic carbocycles. The zero-order valence-corrected chi connectivity index (χ0v) is 51.7. The minimum Gasteiger partial charge on any atom is -0.501 e. The second kappa shape index (κ2) is 44.9. The van der Waals surface area contributed by atoms with Gasteiger partial charge in [0, 0.05) is 36.6 Å². The van der Waals surface area contributed by atoms with Crippen molar-refractivity contribution in [1.29, 1.82) is 0 Å². The summed E-state index contributed by atoms with van der Waals surface area (Å²) < 4.78 is 5.96. The number of allylic oxidation sites excluding steroid dienone is 8. The molecule has 2 N–H and O–H groups in total. The fourth-order valence-corrected chi connectivity index (χ4v) is 10.5. The molecule has 0 saturated heterocycles. The maximum Gasteiger partial charge on any atom is 0.0938 e. The molecule has 3 aliphatic rings. The van der Waals surface area contributed by atoms with Crippen LogP contribution in [0.15, 0.2) is 106 Å². The molecule has 1 saturated carbocycles. The van der Waals surface area contributed by atoms with Crippen LogP contribution in [0.2, 0.25) is 0 Å². The minimum absolute atomic E-state index is 0.0878. The maximum atomic E-state index is 12.2. The molecule has 0 heterocycles. The molecular formula is C70H116N2O3. The molecule has 0 radical (unpaired) electrons. The van der Waals surface area contributed by atoms with E-state index in [1.807, 2.05) is 67.0 Å². The number of hydrogen-bond donors (Lipinski definition) is 2. The van der Waals surface area contributed by atoms with Crippen LogP contribution in [-0.4, -0.2) is 31.4 Å². The lowest BCUT2D eigenvalue weighted by Crippen LogP contribution is -2.22. The summed E-state index contributed by atoms with van der Waals surface area (Å²) in [5.41, 5.74) is 10.1. The van der Waals surface area contributed by atoms with Gasteiger partial charge >= 0.3 is 0 Å². The second-order valence-corrected chi connectivity index (χ2v) is 21.4. The van der Waals surface area contributed by atoms with Crippen LogP contribution in [0, 0.1) is 84.4 Å². The van der Waals surface area contributed by atoms with Crippen molar-refractivity contribution in [1.82, 2.24) is 5.32 Å². The van der Waals surface area contributed by atoms with Gasteiger partial charge in [0.2, 0.25) is 0 Å². The van der Waals surface area contributed by atoms with Gasteiger partial charge in [0.05, 0.1) is 24.7 Å². The molecule has 0 amide bonds. The van der Waals surface area contributed by atoms with Gasteiger partial charge in [-0.25, -0.2) is 0 Å². The van der Waals surface area contributed by atoms with Gasteiger partial charge in [-0.05, 0) is 135 Å². The van der Waals surface area contributed by atoms with Gasteiger partial charge in [-0.3, -0.25) is 0 Å². The van der Waals surface area contributed by atoms with Crippen molar-refractivity contribution in [3.63, 3.8) is 0 Å². The highest BCUT2D eigenvalue weighted by Crippen LogP contribution is 2.40. The number of terminal acetylenes is 2. The SMILES string of the molecule is C#C.C#CC(C)c1ccc(C(CC(C)CCC=C(CC(C)CCC)C(C)C)C(C)/C(=C\CC2CCCCC2)N=O)c(C)c1.CC.CC.CC.CCC(C)C(/C=C1\C=CC(C)=CC1CNC)CO/C=C1\CC=CC(O)C1. The summed E-state index contributed by atoms with van der Waals surface area (Å²) in [6, 6.07) is 6.74. The molecule has 0 spiro atoms. The lowest BCUT2D eigenvalue weighted by molar-refractivity contribution is 0.175. The highest BCUT2D eigenvalue weighted by Gasteiger charge is 2.28. The van der Waals surface area contributed by atoms with Gasteiger partial charge in [0.1, 0.15) is 0 Å². The van der Waals surface area contributed by atoms with Crippen LogP contribution in [-0.2, 0) is 4.74 Å². The molecular weight excluding hydrogens is 917 g/mol. The molecule has 0 bridgehead atoms. The molecule has 9 atom stereocenters. The number of aryl methyl sites for hydroxylation is 1. The second-order valence-electron chi connectivity index (χ2n) is 21.4. The van der Waals surface area contributed by atoms with Gasteiger partial charge in [0.25, 0.3) is 0 Å². The third kappa shape index (κ3) is 29.2. The lowest BCUT2D eigenvalue weighted by Gasteiger charge is -2.29. The van der Waals surface area contributed by atoms with Gasteiger partial charge in [0.15, 0.2) is 0 Å². The van der Waals surface area contributed by atoms with E-state index < -0.39 is 0 Å². The average Bonchev–Trinajstić information content (AvgIpc) is 3.42. The lowest BCUT2D eigenvalue weighted by atomic mass is 9.76. The average molecular weight is 1030 g/mol. The molecule has 5 nitrogen and oxygen atoms in total. The normalized spacial score (nSPS) is 20.4. The Labute approximate surface area is 465 Å². The number of nitrogens with zero attached hydrogens (tertiary/aromatic N) is 1. The smallest absolute Gasteiger partial charge is 0.0938 e. The number of hydrogen-bond acceptors (Lipinski definition) is 5. The summed E-state index contributed by atoms with van der Waals surface area (Å²) in [6.07, 6.45) is 50.4. The number of nitroso groups, excluding NO2 is 1. The molecule has 4 rings (SSSR count). The molecule has 1 aromatic rings.